The van der Waals surface area contributed by atoms with Crippen molar-refractivity contribution in [1.29, 1.82) is 0 Å². The van der Waals surface area contributed by atoms with Crippen molar-refractivity contribution in [2.24, 2.45) is 0 Å². The van der Waals surface area contributed by atoms with Gasteiger partial charge in [0.2, 0.25) is 10.0 Å². The number of benzene rings is 1. The zero-order valence-electron chi connectivity index (χ0n) is 11.6. The molecule has 1 aromatic rings. The Balaban J connectivity index is 2.98. The molecule has 5 nitrogen and oxygen atoms in total. The van der Waals surface area contributed by atoms with E-state index in [1.807, 2.05) is 13.8 Å². The third-order valence-corrected chi connectivity index (χ3v) is 4.73. The molecular weight excluding hydrogens is 264 g/mol. The maximum atomic E-state index is 12.2. The lowest BCUT2D eigenvalue weighted by Crippen LogP contribution is -2.33. The molecule has 0 saturated carbocycles. The number of aliphatic hydroxyl groups is 1. The van der Waals surface area contributed by atoms with Crippen LogP contribution >= 0.6 is 0 Å². The first-order valence-electron chi connectivity index (χ1n) is 6.33. The second kappa shape index (κ2) is 6.36. The number of anilines is 1. The largest absolute Gasteiger partial charge is 0.398 e. The molecule has 0 bridgehead atoms. The van der Waals surface area contributed by atoms with Gasteiger partial charge in [0.1, 0.15) is 4.90 Å². The second-order valence-corrected chi connectivity index (χ2v) is 6.42. The Hall–Kier alpha value is -1.11. The van der Waals surface area contributed by atoms with E-state index >= 15 is 0 Å². The van der Waals surface area contributed by atoms with Crippen molar-refractivity contribution < 1.29 is 13.5 Å². The lowest BCUT2D eigenvalue weighted by Gasteiger charge is -2.15. The molecular formula is C13H22N2O3S. The first kappa shape index (κ1) is 15.9. The number of hydrogen-bond donors (Lipinski definition) is 3. The fourth-order valence-corrected chi connectivity index (χ4v) is 3.38. The molecule has 6 heteroatoms. The Morgan fingerprint density at radius 3 is 2.58 bits per heavy atom. The number of nitrogens with one attached hydrogen (secondary N) is 1. The summed E-state index contributed by atoms with van der Waals surface area (Å²) in [6.45, 7) is 5.49. The van der Waals surface area contributed by atoms with Gasteiger partial charge in [-0.25, -0.2) is 13.1 Å². The molecule has 1 rings (SSSR count). The molecule has 0 heterocycles. The van der Waals surface area contributed by atoms with Crippen molar-refractivity contribution in [3.05, 3.63) is 23.3 Å². The monoisotopic (exact) mass is 286 g/mol. The fourth-order valence-electron chi connectivity index (χ4n) is 1.88. The van der Waals surface area contributed by atoms with Crippen LogP contribution in [0.1, 0.15) is 30.9 Å². The summed E-state index contributed by atoms with van der Waals surface area (Å²) >= 11 is 0. The average Bonchev–Trinajstić information content (AvgIpc) is 2.32. The van der Waals surface area contributed by atoms with Gasteiger partial charge in [0.15, 0.2) is 0 Å². The van der Waals surface area contributed by atoms with E-state index in [1.54, 1.807) is 19.1 Å². The van der Waals surface area contributed by atoms with Gasteiger partial charge in [-0.05, 0) is 37.5 Å². The van der Waals surface area contributed by atoms with E-state index in [0.29, 0.717) is 12.0 Å². The summed E-state index contributed by atoms with van der Waals surface area (Å²) < 4.78 is 26.9. The zero-order chi connectivity index (χ0) is 14.6. The van der Waals surface area contributed by atoms with Gasteiger partial charge in [-0.15, -0.1) is 0 Å². The van der Waals surface area contributed by atoms with Crippen molar-refractivity contribution in [1.82, 2.24) is 4.72 Å². The Labute approximate surface area is 114 Å². The summed E-state index contributed by atoms with van der Waals surface area (Å²) in [4.78, 5) is 0.108. The van der Waals surface area contributed by atoms with E-state index in [9.17, 15) is 13.5 Å². The molecule has 0 aliphatic carbocycles. The first-order valence-corrected chi connectivity index (χ1v) is 7.81. The molecule has 4 N–H and O–H groups in total. The fraction of sp³-hybridized carbons (Fsp3) is 0.538. The average molecular weight is 286 g/mol. The van der Waals surface area contributed by atoms with E-state index in [4.69, 9.17) is 5.73 Å². The summed E-state index contributed by atoms with van der Waals surface area (Å²) in [5.41, 5.74) is 7.48. The number of aryl methyl sites for hydroxylation is 1. The van der Waals surface area contributed by atoms with Crippen LogP contribution < -0.4 is 10.5 Å². The van der Waals surface area contributed by atoms with Gasteiger partial charge in [0.25, 0.3) is 0 Å². The number of nitrogens with two attached hydrogens (primary N) is 1. The van der Waals surface area contributed by atoms with Gasteiger partial charge in [-0.2, -0.15) is 0 Å². The molecule has 0 aliphatic rings. The molecule has 0 aliphatic heterocycles. The SMILES string of the molecule is CCCC(O)CNS(=O)(=O)c1c(N)ccc(C)c1C. The smallest absolute Gasteiger partial charge is 0.242 e. The predicted molar refractivity (Wildman–Crippen MR) is 76.4 cm³/mol. The Morgan fingerprint density at radius 1 is 1.37 bits per heavy atom. The summed E-state index contributed by atoms with van der Waals surface area (Å²) in [5.74, 6) is 0. The van der Waals surface area contributed by atoms with Crippen molar-refractivity contribution in [3.63, 3.8) is 0 Å². The van der Waals surface area contributed by atoms with Crippen molar-refractivity contribution in [2.75, 3.05) is 12.3 Å². The standard InChI is InChI=1S/C13H22N2O3S/c1-4-5-11(16)8-15-19(17,18)13-10(3)9(2)6-7-12(13)14/h6-7,11,15-16H,4-5,8,14H2,1-3H3. The third-order valence-electron chi connectivity index (χ3n) is 3.11. The molecule has 19 heavy (non-hydrogen) atoms. The highest BCUT2D eigenvalue weighted by atomic mass is 32.2. The van der Waals surface area contributed by atoms with Crippen LogP contribution in [0.2, 0.25) is 0 Å². The third kappa shape index (κ3) is 3.92. The highest BCUT2D eigenvalue weighted by Gasteiger charge is 2.21. The molecule has 0 amide bonds. The maximum absolute atomic E-state index is 12.2. The highest BCUT2D eigenvalue weighted by molar-refractivity contribution is 7.89. The Morgan fingerprint density at radius 2 is 2.00 bits per heavy atom. The van der Waals surface area contributed by atoms with E-state index in [-0.39, 0.29) is 17.1 Å². The van der Waals surface area contributed by atoms with E-state index in [0.717, 1.165) is 12.0 Å². The highest BCUT2D eigenvalue weighted by Crippen LogP contribution is 2.24. The molecule has 1 aromatic carbocycles. The van der Waals surface area contributed by atoms with Crippen LogP contribution in [0.4, 0.5) is 5.69 Å². The van der Waals surface area contributed by atoms with Crippen molar-refractivity contribution >= 4 is 15.7 Å². The molecule has 0 radical (unpaired) electrons. The minimum absolute atomic E-state index is 0.00297. The topological polar surface area (TPSA) is 92.4 Å². The van der Waals surface area contributed by atoms with Crippen LogP contribution in [-0.4, -0.2) is 26.2 Å². The maximum Gasteiger partial charge on any atom is 0.242 e. The number of hydrogen-bond acceptors (Lipinski definition) is 4. The van der Waals surface area contributed by atoms with Gasteiger partial charge < -0.3 is 10.8 Å². The van der Waals surface area contributed by atoms with E-state index in [1.165, 1.54) is 0 Å². The summed E-state index contributed by atoms with van der Waals surface area (Å²) in [6, 6.07) is 3.37. The van der Waals surface area contributed by atoms with Gasteiger partial charge in [0.05, 0.1) is 11.8 Å². The van der Waals surface area contributed by atoms with Crippen LogP contribution in [0.25, 0.3) is 0 Å². The van der Waals surface area contributed by atoms with Crippen LogP contribution in [0.5, 0.6) is 0 Å². The molecule has 1 atom stereocenters. The van der Waals surface area contributed by atoms with Crippen molar-refractivity contribution in [3.8, 4) is 0 Å². The van der Waals surface area contributed by atoms with Gasteiger partial charge in [-0.3, -0.25) is 0 Å². The van der Waals surface area contributed by atoms with Crippen LogP contribution in [0.3, 0.4) is 0 Å². The second-order valence-electron chi connectivity index (χ2n) is 4.72. The number of sulfonamides is 1. The first-order chi connectivity index (χ1) is 8.79. The van der Waals surface area contributed by atoms with Gasteiger partial charge >= 0.3 is 0 Å². The number of aliphatic hydroxyl groups excluding tert-OH is 1. The Bertz CT molecular complexity index is 541. The summed E-state index contributed by atoms with van der Waals surface area (Å²) in [7, 11) is -3.69. The number of rotatable bonds is 6. The predicted octanol–water partition coefficient (Wildman–Crippen LogP) is 1.32. The van der Waals surface area contributed by atoms with Gasteiger partial charge in [-0.1, -0.05) is 19.4 Å². The van der Waals surface area contributed by atoms with Crippen molar-refractivity contribution in [2.45, 2.75) is 44.6 Å². The summed E-state index contributed by atoms with van der Waals surface area (Å²) in [5, 5.41) is 9.59. The molecule has 0 aromatic heterocycles. The van der Waals surface area contributed by atoms with Crippen LogP contribution in [0.15, 0.2) is 17.0 Å². The minimum atomic E-state index is -3.69. The van der Waals surface area contributed by atoms with Crippen LogP contribution in [0, 0.1) is 13.8 Å². The minimum Gasteiger partial charge on any atom is -0.398 e. The van der Waals surface area contributed by atoms with Gasteiger partial charge in [0, 0.05) is 6.54 Å². The molecule has 1 unspecified atom stereocenters. The lowest BCUT2D eigenvalue weighted by atomic mass is 10.1. The lowest BCUT2D eigenvalue weighted by molar-refractivity contribution is 0.167. The Kier molecular flexibility index (Phi) is 5.34. The zero-order valence-corrected chi connectivity index (χ0v) is 12.4. The van der Waals surface area contributed by atoms with Crippen LogP contribution in [-0.2, 0) is 10.0 Å². The normalized spacial score (nSPS) is 13.5. The molecule has 0 saturated heterocycles. The molecule has 0 fully saturated rings. The molecule has 108 valence electrons. The quantitative estimate of drug-likeness (QED) is 0.688. The molecule has 0 spiro atoms. The summed E-state index contributed by atoms with van der Waals surface area (Å²) in [6.07, 6.45) is 0.686. The van der Waals surface area contributed by atoms with E-state index in [2.05, 4.69) is 4.72 Å². The number of nitrogen functional groups attached to an aromatic ring is 1. The van der Waals surface area contributed by atoms with E-state index < -0.39 is 16.1 Å².